The molecule has 0 atom stereocenters. The quantitative estimate of drug-likeness (QED) is 0.461. The number of aromatic amines is 1. The van der Waals surface area contributed by atoms with E-state index in [4.69, 9.17) is 0 Å². The van der Waals surface area contributed by atoms with Crippen LogP contribution in [0.2, 0.25) is 0 Å². The molecule has 0 aliphatic rings. The number of hydrogen-bond donors (Lipinski definition) is 1. The molecule has 0 radical (unpaired) electrons. The number of carbonyl (C=O) groups excluding carboxylic acids is 1. The van der Waals surface area contributed by atoms with Crippen molar-refractivity contribution < 1.29 is 4.79 Å². The molecule has 0 amide bonds. The monoisotopic (exact) mass is 388 g/mol. The number of tetrazole rings is 1. The molecule has 0 fully saturated rings. The van der Waals surface area contributed by atoms with E-state index in [2.05, 4.69) is 42.6 Å². The third kappa shape index (κ3) is 4.08. The van der Waals surface area contributed by atoms with Gasteiger partial charge in [-0.1, -0.05) is 43.7 Å². The Morgan fingerprint density at radius 2 is 2.00 bits per heavy atom. The van der Waals surface area contributed by atoms with Crippen LogP contribution in [0.15, 0.2) is 42.6 Å². The summed E-state index contributed by atoms with van der Waals surface area (Å²) < 4.78 is 1.81. The molecule has 9 nitrogen and oxygen atoms in total. The molecule has 4 aromatic rings. The standard InChI is InChI=1S/C20H20N8O/c1-2-3-10-28-19(22-18(13-29)25-28)11-14-8-9-17(21-12-14)15-6-4-5-7-16(15)20-23-26-27-24-20/h4-9,12-13H,2-3,10-11H2,1H3,(H,23,24,26,27). The first-order valence-corrected chi connectivity index (χ1v) is 9.45. The summed E-state index contributed by atoms with van der Waals surface area (Å²) in [7, 11) is 0. The van der Waals surface area contributed by atoms with Crippen molar-refractivity contribution in [1.29, 1.82) is 0 Å². The number of hydrogen-bond acceptors (Lipinski definition) is 7. The number of benzene rings is 1. The van der Waals surface area contributed by atoms with Crippen LogP contribution in [-0.4, -0.2) is 46.7 Å². The van der Waals surface area contributed by atoms with E-state index in [-0.39, 0.29) is 5.82 Å². The topological polar surface area (TPSA) is 115 Å². The van der Waals surface area contributed by atoms with Crippen LogP contribution in [-0.2, 0) is 13.0 Å². The van der Waals surface area contributed by atoms with Gasteiger partial charge in [0, 0.05) is 30.3 Å². The summed E-state index contributed by atoms with van der Waals surface area (Å²) in [6.45, 7) is 2.86. The molecule has 1 N–H and O–H groups in total. The lowest BCUT2D eigenvalue weighted by Gasteiger charge is -2.08. The lowest BCUT2D eigenvalue weighted by atomic mass is 10.0. The maximum Gasteiger partial charge on any atom is 0.214 e. The van der Waals surface area contributed by atoms with Gasteiger partial charge in [-0.3, -0.25) is 9.78 Å². The van der Waals surface area contributed by atoms with Gasteiger partial charge in [0.2, 0.25) is 11.6 Å². The van der Waals surface area contributed by atoms with Crippen LogP contribution in [0.25, 0.3) is 22.6 Å². The van der Waals surface area contributed by atoms with Crippen molar-refractivity contribution in [2.24, 2.45) is 0 Å². The van der Waals surface area contributed by atoms with Crippen molar-refractivity contribution in [2.75, 3.05) is 0 Å². The maximum absolute atomic E-state index is 11.1. The number of nitrogens with one attached hydrogen (secondary N) is 1. The summed E-state index contributed by atoms with van der Waals surface area (Å²) in [5.41, 5.74) is 3.59. The molecule has 0 aliphatic heterocycles. The highest BCUT2D eigenvalue weighted by Gasteiger charge is 2.13. The molecule has 0 unspecified atom stereocenters. The van der Waals surface area contributed by atoms with Gasteiger partial charge in [0.1, 0.15) is 5.82 Å². The fraction of sp³-hybridized carbons (Fsp3) is 0.250. The van der Waals surface area contributed by atoms with E-state index in [1.165, 1.54) is 0 Å². The van der Waals surface area contributed by atoms with Gasteiger partial charge < -0.3 is 0 Å². The van der Waals surface area contributed by atoms with Crippen LogP contribution in [0.3, 0.4) is 0 Å². The molecule has 0 saturated carbocycles. The molecule has 9 heteroatoms. The summed E-state index contributed by atoms with van der Waals surface area (Å²) >= 11 is 0. The zero-order chi connectivity index (χ0) is 20.1. The molecule has 4 rings (SSSR count). The minimum Gasteiger partial charge on any atom is -0.294 e. The van der Waals surface area contributed by atoms with E-state index < -0.39 is 0 Å². The molecular formula is C20H20N8O. The van der Waals surface area contributed by atoms with Crippen molar-refractivity contribution in [1.82, 2.24) is 40.4 Å². The number of unbranched alkanes of at least 4 members (excludes halogenated alkanes) is 1. The first kappa shape index (κ1) is 18.6. The van der Waals surface area contributed by atoms with Crippen molar-refractivity contribution in [2.45, 2.75) is 32.7 Å². The number of carbonyl (C=O) groups is 1. The van der Waals surface area contributed by atoms with Gasteiger partial charge in [0.25, 0.3) is 0 Å². The molecule has 0 bridgehead atoms. The van der Waals surface area contributed by atoms with E-state index in [1.807, 2.05) is 47.3 Å². The first-order valence-electron chi connectivity index (χ1n) is 9.45. The SMILES string of the molecule is CCCCn1nc(C=O)nc1Cc1ccc(-c2ccccc2-c2nn[nH]n2)nc1. The van der Waals surface area contributed by atoms with E-state index in [0.29, 0.717) is 18.5 Å². The fourth-order valence-electron chi connectivity index (χ4n) is 3.11. The molecule has 0 saturated heterocycles. The largest absolute Gasteiger partial charge is 0.294 e. The van der Waals surface area contributed by atoms with Gasteiger partial charge >= 0.3 is 0 Å². The molecule has 29 heavy (non-hydrogen) atoms. The number of aromatic nitrogens is 8. The van der Waals surface area contributed by atoms with Crippen molar-refractivity contribution in [3.8, 4) is 22.6 Å². The molecule has 1 aromatic carbocycles. The van der Waals surface area contributed by atoms with Crippen LogP contribution in [0.1, 0.15) is 41.8 Å². The molecule has 3 heterocycles. The number of nitrogens with zero attached hydrogens (tertiary/aromatic N) is 7. The van der Waals surface area contributed by atoms with Gasteiger partial charge in [-0.25, -0.2) is 9.67 Å². The van der Waals surface area contributed by atoms with Gasteiger partial charge in [-0.2, -0.15) is 5.21 Å². The Hall–Kier alpha value is -3.75. The predicted molar refractivity (Wildman–Crippen MR) is 106 cm³/mol. The smallest absolute Gasteiger partial charge is 0.214 e. The van der Waals surface area contributed by atoms with Crippen LogP contribution in [0.5, 0.6) is 0 Å². The molecule has 3 aromatic heterocycles. The average molecular weight is 388 g/mol. The lowest BCUT2D eigenvalue weighted by Crippen LogP contribution is -2.06. The van der Waals surface area contributed by atoms with E-state index in [9.17, 15) is 4.79 Å². The van der Waals surface area contributed by atoms with Crippen LogP contribution in [0.4, 0.5) is 0 Å². The minimum atomic E-state index is 0.217. The number of aldehydes is 1. The van der Waals surface area contributed by atoms with Crippen molar-refractivity contribution in [3.05, 3.63) is 59.8 Å². The molecular weight excluding hydrogens is 368 g/mol. The van der Waals surface area contributed by atoms with Gasteiger partial charge in [-0.15, -0.1) is 15.3 Å². The molecule has 0 aliphatic carbocycles. The Labute approximate surface area is 167 Å². The third-order valence-electron chi connectivity index (χ3n) is 4.57. The highest BCUT2D eigenvalue weighted by Crippen LogP contribution is 2.28. The number of aryl methyl sites for hydroxylation is 1. The second kappa shape index (κ2) is 8.51. The lowest BCUT2D eigenvalue weighted by molar-refractivity contribution is 0.111. The van der Waals surface area contributed by atoms with Gasteiger partial charge in [0.05, 0.1) is 5.69 Å². The fourth-order valence-corrected chi connectivity index (χ4v) is 3.11. The summed E-state index contributed by atoms with van der Waals surface area (Å²) in [4.78, 5) is 20.0. The predicted octanol–water partition coefficient (Wildman–Crippen LogP) is 2.72. The Kier molecular flexibility index (Phi) is 5.46. The molecule has 146 valence electrons. The zero-order valence-corrected chi connectivity index (χ0v) is 16.0. The Morgan fingerprint density at radius 3 is 2.69 bits per heavy atom. The summed E-state index contributed by atoms with van der Waals surface area (Å²) in [5, 5.41) is 18.5. The Bertz CT molecular complexity index is 1090. The normalized spacial score (nSPS) is 10.9. The van der Waals surface area contributed by atoms with Gasteiger partial charge in [0.15, 0.2) is 6.29 Å². The van der Waals surface area contributed by atoms with E-state index >= 15 is 0 Å². The van der Waals surface area contributed by atoms with Crippen LogP contribution < -0.4 is 0 Å². The maximum atomic E-state index is 11.1. The van der Waals surface area contributed by atoms with Crippen LogP contribution in [0, 0.1) is 0 Å². The van der Waals surface area contributed by atoms with Crippen molar-refractivity contribution in [3.63, 3.8) is 0 Å². The molecule has 0 spiro atoms. The Morgan fingerprint density at radius 1 is 1.14 bits per heavy atom. The highest BCUT2D eigenvalue weighted by molar-refractivity contribution is 5.78. The summed E-state index contributed by atoms with van der Waals surface area (Å²) in [6.07, 6.45) is 5.10. The second-order valence-corrected chi connectivity index (χ2v) is 6.59. The third-order valence-corrected chi connectivity index (χ3v) is 4.57. The summed E-state index contributed by atoms with van der Waals surface area (Å²) in [6, 6.07) is 11.8. The average Bonchev–Trinajstić information content (AvgIpc) is 3.43. The van der Waals surface area contributed by atoms with Crippen molar-refractivity contribution >= 4 is 6.29 Å². The highest BCUT2D eigenvalue weighted by atomic mass is 16.1. The minimum absolute atomic E-state index is 0.217. The number of H-pyrrole nitrogens is 1. The van der Waals surface area contributed by atoms with Crippen LogP contribution >= 0.6 is 0 Å². The number of rotatable bonds is 8. The number of pyridine rings is 1. The van der Waals surface area contributed by atoms with E-state index in [1.54, 1.807) is 0 Å². The first-order chi connectivity index (χ1) is 14.3. The summed E-state index contributed by atoms with van der Waals surface area (Å²) in [5.74, 6) is 1.51. The Balaban J connectivity index is 1.59. The van der Waals surface area contributed by atoms with E-state index in [0.717, 1.165) is 47.6 Å². The van der Waals surface area contributed by atoms with Gasteiger partial charge in [-0.05, 0) is 23.3 Å². The second-order valence-electron chi connectivity index (χ2n) is 6.59. The zero-order valence-electron chi connectivity index (χ0n) is 16.0.